The Morgan fingerprint density at radius 2 is 1.65 bits per heavy atom. The maximum absolute atomic E-state index is 15.2. The van der Waals surface area contributed by atoms with Crippen molar-refractivity contribution in [3.8, 4) is 17.0 Å². The van der Waals surface area contributed by atoms with Gasteiger partial charge in [-0.05, 0) is 63.1 Å². The number of nitrogens with one attached hydrogen (secondary N) is 2. The largest absolute Gasteiger partial charge is 0.486 e. The Labute approximate surface area is 316 Å². The third-order valence-electron chi connectivity index (χ3n) is 9.17. The van der Waals surface area contributed by atoms with Crippen molar-refractivity contribution in [3.05, 3.63) is 108 Å². The Bertz CT molecular complexity index is 1920. The predicted octanol–water partition coefficient (Wildman–Crippen LogP) is 8.07. The lowest BCUT2D eigenvalue weighted by atomic mass is 9.80. The topological polar surface area (TPSA) is 115 Å². The van der Waals surface area contributed by atoms with E-state index in [4.69, 9.17) is 14.5 Å². The molecule has 1 aromatic heterocycles. The van der Waals surface area contributed by atoms with Crippen LogP contribution in [0.15, 0.2) is 79.0 Å². The van der Waals surface area contributed by atoms with Crippen molar-refractivity contribution in [1.82, 2.24) is 25.1 Å². The van der Waals surface area contributed by atoms with Crippen molar-refractivity contribution in [3.63, 3.8) is 0 Å². The van der Waals surface area contributed by atoms with Gasteiger partial charge in [0.1, 0.15) is 34.9 Å². The monoisotopic (exact) mass is 743 g/mol. The van der Waals surface area contributed by atoms with Crippen LogP contribution in [0, 0.1) is 17.0 Å². The van der Waals surface area contributed by atoms with E-state index in [1.54, 1.807) is 51.2 Å². The standard InChI is InChI=1S/C42H51F2N5O5/c1-7-8-14-21-45-36(50)23-42(5,6)37(38-46-34(32-22-29(43)19-20-33(32)44)27-48(38)24-28-15-10-9-11-16-28)47-39(51)31-17-12-13-18-35(31)53-30-25-49(26-30)40(52)54-41(2,3)4/h9-13,15-20,22,27,30,37H,7-8,14,21,23-26H2,1-6H3,(H,45,50)(H,47,51)/t37-/m0/s1. The van der Waals surface area contributed by atoms with E-state index >= 15 is 4.39 Å². The van der Waals surface area contributed by atoms with E-state index in [2.05, 4.69) is 17.6 Å². The quantitative estimate of drug-likeness (QED) is 0.119. The molecule has 5 rings (SSSR count). The minimum Gasteiger partial charge on any atom is -0.486 e. The highest BCUT2D eigenvalue weighted by Crippen LogP contribution is 2.39. The van der Waals surface area contributed by atoms with Gasteiger partial charge in [-0.15, -0.1) is 0 Å². The summed E-state index contributed by atoms with van der Waals surface area (Å²) in [4.78, 5) is 46.6. The van der Waals surface area contributed by atoms with Gasteiger partial charge >= 0.3 is 6.09 Å². The highest BCUT2D eigenvalue weighted by atomic mass is 19.1. The van der Waals surface area contributed by atoms with Gasteiger partial charge in [0.2, 0.25) is 5.91 Å². The molecule has 1 aliphatic heterocycles. The Morgan fingerprint density at radius 3 is 2.35 bits per heavy atom. The summed E-state index contributed by atoms with van der Waals surface area (Å²) >= 11 is 0. The second kappa shape index (κ2) is 17.3. The fraction of sp³-hybridized carbons (Fsp3) is 0.429. The van der Waals surface area contributed by atoms with Crippen LogP contribution in [0.4, 0.5) is 13.6 Å². The average Bonchev–Trinajstić information content (AvgIpc) is 3.50. The Kier molecular flexibility index (Phi) is 12.8. The van der Waals surface area contributed by atoms with Crippen molar-refractivity contribution in [2.45, 2.75) is 91.5 Å². The van der Waals surface area contributed by atoms with Crippen molar-refractivity contribution in [2.24, 2.45) is 5.41 Å². The summed E-state index contributed by atoms with van der Waals surface area (Å²) in [5.74, 6) is -1.25. The molecule has 0 spiro atoms. The fourth-order valence-electron chi connectivity index (χ4n) is 6.32. The molecule has 0 radical (unpaired) electrons. The van der Waals surface area contributed by atoms with Gasteiger partial charge in [-0.2, -0.15) is 0 Å². The number of nitrogens with zero attached hydrogens (tertiary/aromatic N) is 3. The van der Waals surface area contributed by atoms with E-state index in [1.165, 1.54) is 4.90 Å². The average molecular weight is 744 g/mol. The number of halogens is 2. The first-order valence-electron chi connectivity index (χ1n) is 18.5. The molecule has 0 bridgehead atoms. The van der Waals surface area contributed by atoms with Crippen LogP contribution in [0.25, 0.3) is 11.3 Å². The Balaban J connectivity index is 1.48. The number of unbranched alkanes of at least 4 members (excludes halogenated alkanes) is 2. The highest BCUT2D eigenvalue weighted by Gasteiger charge is 2.39. The summed E-state index contributed by atoms with van der Waals surface area (Å²) in [5.41, 5.74) is -0.246. The molecule has 3 aromatic carbocycles. The second-order valence-electron chi connectivity index (χ2n) is 15.5. The molecule has 288 valence electrons. The molecule has 0 aliphatic carbocycles. The molecule has 1 saturated heterocycles. The number of hydrogen-bond donors (Lipinski definition) is 2. The third kappa shape index (κ3) is 10.4. The summed E-state index contributed by atoms with van der Waals surface area (Å²) in [5, 5.41) is 6.16. The molecule has 3 amide bonds. The van der Waals surface area contributed by atoms with Crippen molar-refractivity contribution in [1.29, 1.82) is 0 Å². The van der Waals surface area contributed by atoms with Crippen molar-refractivity contribution < 1.29 is 32.6 Å². The van der Waals surface area contributed by atoms with Crippen LogP contribution in [0.5, 0.6) is 5.75 Å². The molecular weight excluding hydrogens is 692 g/mol. The number of benzene rings is 3. The Hall–Kier alpha value is -5.26. The summed E-state index contributed by atoms with van der Waals surface area (Å²) in [6, 6.07) is 18.7. The van der Waals surface area contributed by atoms with Gasteiger partial charge in [0.15, 0.2) is 0 Å². The number of imidazole rings is 1. The van der Waals surface area contributed by atoms with E-state index < -0.39 is 40.7 Å². The summed E-state index contributed by atoms with van der Waals surface area (Å²) < 4.78 is 43.1. The number of likely N-dealkylation sites (tertiary alicyclic amines) is 1. The predicted molar refractivity (Wildman–Crippen MR) is 203 cm³/mol. The van der Waals surface area contributed by atoms with Crippen LogP contribution >= 0.6 is 0 Å². The smallest absolute Gasteiger partial charge is 0.410 e. The molecule has 2 heterocycles. The van der Waals surface area contributed by atoms with Crippen LogP contribution < -0.4 is 15.4 Å². The molecule has 4 aromatic rings. The van der Waals surface area contributed by atoms with Gasteiger partial charge in [-0.1, -0.05) is 76.1 Å². The van der Waals surface area contributed by atoms with Gasteiger partial charge in [-0.3, -0.25) is 9.59 Å². The van der Waals surface area contributed by atoms with E-state index in [0.717, 1.165) is 43.0 Å². The maximum Gasteiger partial charge on any atom is 0.410 e. The Morgan fingerprint density at radius 1 is 0.944 bits per heavy atom. The SMILES string of the molecule is CCCCCNC(=O)CC(C)(C)[C@@H](NC(=O)c1ccccc1OC1CN(C(=O)OC(C)(C)C)C1)c1nc(-c2cc(F)ccc2F)cn1Cc1ccccc1. The van der Waals surface area contributed by atoms with E-state index in [1.807, 2.05) is 48.7 Å². The van der Waals surface area contributed by atoms with Gasteiger partial charge in [-0.25, -0.2) is 18.6 Å². The zero-order valence-electron chi connectivity index (χ0n) is 32.0. The molecule has 2 N–H and O–H groups in total. The second-order valence-corrected chi connectivity index (χ2v) is 15.5. The van der Waals surface area contributed by atoms with Crippen LogP contribution in [0.3, 0.4) is 0 Å². The first-order chi connectivity index (χ1) is 25.6. The van der Waals surface area contributed by atoms with Crippen LogP contribution in [0.2, 0.25) is 0 Å². The third-order valence-corrected chi connectivity index (χ3v) is 9.17. The van der Waals surface area contributed by atoms with Gasteiger partial charge < -0.3 is 29.6 Å². The lowest BCUT2D eigenvalue weighted by Gasteiger charge is -2.39. The first kappa shape index (κ1) is 39.9. The summed E-state index contributed by atoms with van der Waals surface area (Å²) in [7, 11) is 0. The van der Waals surface area contributed by atoms with Crippen LogP contribution in [-0.4, -0.2) is 63.7 Å². The molecule has 1 aliphatic rings. The summed E-state index contributed by atoms with van der Waals surface area (Å²) in [6.45, 7) is 12.7. The normalized spacial score (nSPS) is 13.9. The van der Waals surface area contributed by atoms with Gasteiger partial charge in [0.05, 0.1) is 30.4 Å². The lowest BCUT2D eigenvalue weighted by molar-refractivity contribution is -0.123. The number of aromatic nitrogens is 2. The molecule has 54 heavy (non-hydrogen) atoms. The number of hydrogen-bond acceptors (Lipinski definition) is 6. The number of rotatable bonds is 15. The van der Waals surface area contributed by atoms with Crippen molar-refractivity contribution in [2.75, 3.05) is 19.6 Å². The summed E-state index contributed by atoms with van der Waals surface area (Å²) in [6.07, 6.45) is 3.74. The zero-order chi connectivity index (χ0) is 39.0. The van der Waals surface area contributed by atoms with Crippen LogP contribution in [-0.2, 0) is 16.1 Å². The molecule has 12 heteroatoms. The first-order valence-corrected chi connectivity index (χ1v) is 18.5. The lowest BCUT2D eigenvalue weighted by Crippen LogP contribution is -2.57. The van der Waals surface area contributed by atoms with Crippen LogP contribution in [0.1, 0.15) is 95.0 Å². The minimum atomic E-state index is -0.931. The molecule has 1 fully saturated rings. The number of ether oxygens (including phenoxy) is 2. The molecule has 0 saturated carbocycles. The van der Waals surface area contributed by atoms with Crippen molar-refractivity contribution >= 4 is 17.9 Å². The van der Waals surface area contributed by atoms with Gasteiger partial charge in [0, 0.05) is 36.7 Å². The van der Waals surface area contributed by atoms with E-state index in [-0.39, 0.29) is 35.3 Å². The molecular formula is C42H51F2N5O5. The number of amides is 3. The minimum absolute atomic E-state index is 0.0284. The van der Waals surface area contributed by atoms with E-state index in [0.29, 0.717) is 37.8 Å². The number of carbonyl (C=O) groups excluding carboxylic acids is 3. The van der Waals surface area contributed by atoms with E-state index in [9.17, 15) is 18.8 Å². The molecule has 1 atom stereocenters. The highest BCUT2D eigenvalue weighted by molar-refractivity contribution is 5.97. The number of para-hydroxylation sites is 1. The fourth-order valence-corrected chi connectivity index (χ4v) is 6.32. The zero-order valence-corrected chi connectivity index (χ0v) is 32.0. The molecule has 10 nitrogen and oxygen atoms in total. The molecule has 0 unspecified atom stereocenters. The van der Waals surface area contributed by atoms with Gasteiger partial charge in [0.25, 0.3) is 5.91 Å². The number of carbonyl (C=O) groups is 3. The maximum atomic E-state index is 15.2.